The average molecular weight is 478 g/mol. The van der Waals surface area contributed by atoms with E-state index in [9.17, 15) is 9.59 Å². The summed E-state index contributed by atoms with van der Waals surface area (Å²) < 4.78 is 3.49. The number of nitrogens with one attached hydrogen (secondary N) is 2. The van der Waals surface area contributed by atoms with Gasteiger partial charge in [-0.05, 0) is 51.8 Å². The summed E-state index contributed by atoms with van der Waals surface area (Å²) in [6.45, 7) is 0.604. The summed E-state index contributed by atoms with van der Waals surface area (Å²) in [7, 11) is 0. The fourth-order valence-electron chi connectivity index (χ4n) is 2.26. The van der Waals surface area contributed by atoms with Crippen LogP contribution < -0.4 is 10.9 Å². The van der Waals surface area contributed by atoms with E-state index in [0.717, 1.165) is 14.5 Å². The number of rotatable bonds is 4. The van der Waals surface area contributed by atoms with Crippen LogP contribution in [0.2, 0.25) is 0 Å². The highest BCUT2D eigenvalue weighted by Crippen LogP contribution is 2.12. The van der Waals surface area contributed by atoms with E-state index >= 15 is 0 Å². The van der Waals surface area contributed by atoms with E-state index in [1.807, 2.05) is 24.4 Å². The number of carbonyl (C=O) groups is 2. The zero-order chi connectivity index (χ0) is 18.5. The summed E-state index contributed by atoms with van der Waals surface area (Å²) in [6, 6.07) is 14.0. The second kappa shape index (κ2) is 8.29. The van der Waals surface area contributed by atoms with Gasteiger partial charge in [-0.25, -0.2) is 0 Å². The normalized spacial score (nSPS) is 10.4. The van der Waals surface area contributed by atoms with Gasteiger partial charge in [0.1, 0.15) is 0 Å². The molecule has 0 saturated heterocycles. The highest BCUT2D eigenvalue weighted by atomic mass is 79.9. The molecule has 1 aromatic heterocycles. The Hall–Kier alpha value is -2.45. The third-order valence-corrected chi connectivity index (χ3v) is 4.44. The quantitative estimate of drug-likeness (QED) is 0.564. The lowest BCUT2D eigenvalue weighted by Crippen LogP contribution is -2.41. The summed E-state index contributed by atoms with van der Waals surface area (Å²) in [6.07, 6.45) is 3.59. The van der Waals surface area contributed by atoms with Crippen LogP contribution in [0.25, 0.3) is 0 Å². The van der Waals surface area contributed by atoms with Gasteiger partial charge in [-0.1, -0.05) is 34.1 Å². The van der Waals surface area contributed by atoms with Crippen molar-refractivity contribution in [3.63, 3.8) is 0 Å². The van der Waals surface area contributed by atoms with E-state index in [1.54, 1.807) is 41.2 Å². The Morgan fingerprint density at radius 2 is 1.62 bits per heavy atom. The van der Waals surface area contributed by atoms with Gasteiger partial charge in [0, 0.05) is 21.8 Å². The van der Waals surface area contributed by atoms with Crippen molar-refractivity contribution in [2.24, 2.45) is 0 Å². The predicted molar refractivity (Wildman–Crippen MR) is 105 cm³/mol. The predicted octanol–water partition coefficient (Wildman–Crippen LogP) is 3.53. The van der Waals surface area contributed by atoms with Crippen LogP contribution in [0.15, 0.2) is 69.9 Å². The van der Waals surface area contributed by atoms with Crippen LogP contribution in [0.5, 0.6) is 0 Å². The molecule has 3 aromatic rings. The number of aromatic nitrogens is 2. The molecule has 0 bridgehead atoms. The standard InChI is InChI=1S/C18H14Br2N4O2/c19-15-3-1-2-14(8-15)18(26)23-22-17(25)13-6-4-12(5-7-13)10-24-11-16(20)9-21-24/h1-9,11H,10H2,(H,22,25)(H,23,26). The van der Waals surface area contributed by atoms with Crippen molar-refractivity contribution < 1.29 is 9.59 Å². The monoisotopic (exact) mass is 476 g/mol. The van der Waals surface area contributed by atoms with Crippen LogP contribution in [-0.2, 0) is 6.54 Å². The Labute approximate surface area is 166 Å². The van der Waals surface area contributed by atoms with Gasteiger partial charge >= 0.3 is 0 Å². The number of nitrogens with zero attached hydrogens (tertiary/aromatic N) is 2. The number of hydrogen-bond donors (Lipinski definition) is 2. The fourth-order valence-corrected chi connectivity index (χ4v) is 2.99. The highest BCUT2D eigenvalue weighted by molar-refractivity contribution is 9.10. The van der Waals surface area contributed by atoms with Crippen LogP contribution in [0, 0.1) is 0 Å². The number of amides is 2. The largest absolute Gasteiger partial charge is 0.269 e. The van der Waals surface area contributed by atoms with E-state index in [0.29, 0.717) is 17.7 Å². The Balaban J connectivity index is 1.57. The van der Waals surface area contributed by atoms with Crippen molar-refractivity contribution in [2.45, 2.75) is 6.54 Å². The second-order valence-corrected chi connectivity index (χ2v) is 7.30. The van der Waals surface area contributed by atoms with Crippen molar-refractivity contribution in [1.82, 2.24) is 20.6 Å². The molecule has 0 saturated carbocycles. The maximum absolute atomic E-state index is 12.2. The van der Waals surface area contributed by atoms with Crippen molar-refractivity contribution >= 4 is 43.7 Å². The zero-order valence-electron chi connectivity index (χ0n) is 13.4. The molecule has 2 aromatic carbocycles. The Kier molecular flexibility index (Phi) is 5.85. The van der Waals surface area contributed by atoms with Gasteiger partial charge in [-0.15, -0.1) is 0 Å². The Bertz CT molecular complexity index is 938. The minimum atomic E-state index is -0.388. The van der Waals surface area contributed by atoms with Crippen LogP contribution >= 0.6 is 31.9 Å². The molecule has 6 nitrogen and oxygen atoms in total. The number of benzene rings is 2. The number of hydrazine groups is 1. The molecule has 0 aliphatic carbocycles. The lowest BCUT2D eigenvalue weighted by Gasteiger charge is -2.08. The van der Waals surface area contributed by atoms with E-state index in [-0.39, 0.29) is 11.8 Å². The first-order chi connectivity index (χ1) is 12.5. The van der Waals surface area contributed by atoms with Gasteiger partial charge in [0.25, 0.3) is 11.8 Å². The molecule has 0 atom stereocenters. The summed E-state index contributed by atoms with van der Waals surface area (Å²) in [5.41, 5.74) is 6.72. The van der Waals surface area contributed by atoms with Crippen molar-refractivity contribution in [3.8, 4) is 0 Å². The molecule has 0 radical (unpaired) electrons. The van der Waals surface area contributed by atoms with Gasteiger partial charge < -0.3 is 0 Å². The molecule has 0 unspecified atom stereocenters. The van der Waals surface area contributed by atoms with Crippen LogP contribution in [0.4, 0.5) is 0 Å². The maximum Gasteiger partial charge on any atom is 0.269 e. The van der Waals surface area contributed by atoms with Gasteiger partial charge in [-0.2, -0.15) is 5.10 Å². The number of carbonyl (C=O) groups excluding carboxylic acids is 2. The van der Waals surface area contributed by atoms with E-state index in [1.165, 1.54) is 0 Å². The molecule has 2 amide bonds. The highest BCUT2D eigenvalue weighted by Gasteiger charge is 2.09. The summed E-state index contributed by atoms with van der Waals surface area (Å²) in [5, 5.41) is 4.19. The minimum Gasteiger partial charge on any atom is -0.267 e. The molecule has 132 valence electrons. The Morgan fingerprint density at radius 1 is 0.923 bits per heavy atom. The third kappa shape index (κ3) is 4.80. The molecule has 0 aliphatic rings. The van der Waals surface area contributed by atoms with Gasteiger partial charge in [0.2, 0.25) is 0 Å². The smallest absolute Gasteiger partial charge is 0.267 e. The molecule has 3 rings (SSSR count). The molecule has 0 aliphatic heterocycles. The second-order valence-electron chi connectivity index (χ2n) is 5.47. The SMILES string of the molecule is O=C(NNC(=O)c1cccc(Br)c1)c1ccc(Cn2cc(Br)cn2)cc1. The first-order valence-electron chi connectivity index (χ1n) is 7.64. The topological polar surface area (TPSA) is 76.0 Å². The minimum absolute atomic E-state index is 0.387. The van der Waals surface area contributed by atoms with Crippen molar-refractivity contribution in [2.75, 3.05) is 0 Å². The van der Waals surface area contributed by atoms with E-state index in [4.69, 9.17) is 0 Å². The van der Waals surface area contributed by atoms with Crippen LogP contribution in [0.1, 0.15) is 26.3 Å². The molecule has 2 N–H and O–H groups in total. The zero-order valence-corrected chi connectivity index (χ0v) is 16.6. The van der Waals surface area contributed by atoms with Gasteiger partial charge in [0.15, 0.2) is 0 Å². The first kappa shape index (κ1) is 18.3. The summed E-state index contributed by atoms with van der Waals surface area (Å²) >= 11 is 6.66. The number of hydrogen-bond acceptors (Lipinski definition) is 3. The average Bonchev–Trinajstić information content (AvgIpc) is 3.04. The lowest BCUT2D eigenvalue weighted by molar-refractivity contribution is 0.0846. The summed E-state index contributed by atoms with van der Waals surface area (Å²) in [5.74, 6) is -0.776. The maximum atomic E-state index is 12.2. The first-order valence-corrected chi connectivity index (χ1v) is 9.23. The third-order valence-electron chi connectivity index (χ3n) is 3.54. The molecule has 8 heteroatoms. The molecule has 0 fully saturated rings. The Morgan fingerprint density at radius 3 is 2.23 bits per heavy atom. The van der Waals surface area contributed by atoms with Gasteiger partial charge in [0.05, 0.1) is 17.2 Å². The molecule has 0 spiro atoms. The van der Waals surface area contributed by atoms with Crippen molar-refractivity contribution in [1.29, 1.82) is 0 Å². The van der Waals surface area contributed by atoms with Crippen molar-refractivity contribution in [3.05, 3.63) is 86.6 Å². The van der Waals surface area contributed by atoms with Crippen LogP contribution in [0.3, 0.4) is 0 Å². The molecular formula is C18H14Br2N4O2. The fraction of sp³-hybridized carbons (Fsp3) is 0.0556. The molecule has 26 heavy (non-hydrogen) atoms. The van der Waals surface area contributed by atoms with Crippen LogP contribution in [-0.4, -0.2) is 21.6 Å². The summed E-state index contributed by atoms with van der Waals surface area (Å²) in [4.78, 5) is 24.2. The lowest BCUT2D eigenvalue weighted by atomic mass is 10.1. The van der Waals surface area contributed by atoms with E-state index < -0.39 is 0 Å². The van der Waals surface area contributed by atoms with E-state index in [2.05, 4.69) is 47.8 Å². The molecular weight excluding hydrogens is 464 g/mol. The number of halogens is 2. The molecule has 1 heterocycles. The van der Waals surface area contributed by atoms with Gasteiger partial charge in [-0.3, -0.25) is 25.1 Å².